The van der Waals surface area contributed by atoms with Gasteiger partial charge in [-0.05, 0) is 57.3 Å². The predicted octanol–water partition coefficient (Wildman–Crippen LogP) is 12.5. The van der Waals surface area contributed by atoms with Gasteiger partial charge in [0.25, 0.3) is 0 Å². The third-order valence-electron chi connectivity index (χ3n) is 10.1. The van der Waals surface area contributed by atoms with E-state index in [1.54, 1.807) is 0 Å². The van der Waals surface area contributed by atoms with Crippen LogP contribution in [0.3, 0.4) is 0 Å². The van der Waals surface area contributed by atoms with Crippen LogP contribution in [-0.4, -0.2) is 19.5 Å². The van der Waals surface area contributed by atoms with Crippen molar-refractivity contribution in [1.82, 2.24) is 19.5 Å². The lowest BCUT2D eigenvalue weighted by atomic mass is 9.97. The molecule has 0 amide bonds. The Balaban J connectivity index is 1.01. The van der Waals surface area contributed by atoms with Crippen LogP contribution in [-0.2, 0) is 0 Å². The lowest BCUT2D eigenvalue weighted by Crippen LogP contribution is -2.00. The van der Waals surface area contributed by atoms with E-state index in [-0.39, 0.29) is 0 Å². The number of nitrogens with zero attached hydrogens (tertiary/aromatic N) is 4. The molecule has 0 atom stereocenters. The number of rotatable bonds is 6. The van der Waals surface area contributed by atoms with E-state index in [4.69, 9.17) is 15.0 Å². The first-order chi connectivity index (χ1) is 26.3. The number of benzene rings is 8. The van der Waals surface area contributed by atoms with E-state index in [2.05, 4.69) is 168 Å². The van der Waals surface area contributed by atoms with Gasteiger partial charge in [0.05, 0.1) is 11.0 Å². The fourth-order valence-corrected chi connectivity index (χ4v) is 7.46. The molecule has 0 saturated carbocycles. The zero-order chi connectivity index (χ0) is 35.1. The Bertz CT molecular complexity index is 2870. The molecule has 248 valence electrons. The van der Waals surface area contributed by atoms with Gasteiger partial charge in [0.1, 0.15) is 0 Å². The van der Waals surface area contributed by atoms with Crippen molar-refractivity contribution in [3.05, 3.63) is 194 Å². The quantitative estimate of drug-likeness (QED) is 0.176. The first-order valence-corrected chi connectivity index (χ1v) is 17.9. The smallest absolute Gasteiger partial charge is 0.164 e. The summed E-state index contributed by atoms with van der Waals surface area (Å²) in [6.45, 7) is 0. The van der Waals surface area contributed by atoms with Crippen molar-refractivity contribution in [3.63, 3.8) is 0 Å². The Morgan fingerprint density at radius 3 is 1.40 bits per heavy atom. The number of hydrogen-bond acceptors (Lipinski definition) is 3. The van der Waals surface area contributed by atoms with E-state index < -0.39 is 0 Å². The van der Waals surface area contributed by atoms with Gasteiger partial charge >= 0.3 is 0 Å². The molecular weight excluding hydrogens is 645 g/mol. The van der Waals surface area contributed by atoms with E-state index in [1.165, 1.54) is 38.1 Å². The molecule has 2 aromatic heterocycles. The van der Waals surface area contributed by atoms with Crippen LogP contribution in [0.15, 0.2) is 194 Å². The first kappa shape index (κ1) is 30.6. The molecule has 4 nitrogen and oxygen atoms in total. The van der Waals surface area contributed by atoms with Crippen molar-refractivity contribution in [2.24, 2.45) is 0 Å². The standard InChI is InChI=1S/C49H32N4/c1-2-13-36(14-3-1)47-50-48(52-49(51-47)38-30-26-35(27-31-38)42-21-11-15-34-12-4-5-18-41(34)42)37-28-24-33(25-29-37)39-16-10-17-40(32-39)53-45-22-8-6-19-43(45)44-20-7-9-23-46(44)53/h1-32H. The van der Waals surface area contributed by atoms with Crippen LogP contribution in [0.5, 0.6) is 0 Å². The van der Waals surface area contributed by atoms with E-state index >= 15 is 0 Å². The van der Waals surface area contributed by atoms with E-state index in [9.17, 15) is 0 Å². The number of hydrogen-bond donors (Lipinski definition) is 0. The summed E-state index contributed by atoms with van der Waals surface area (Å²) in [5.41, 5.74) is 11.0. The minimum Gasteiger partial charge on any atom is -0.309 e. The molecule has 0 N–H and O–H groups in total. The molecule has 0 unspecified atom stereocenters. The van der Waals surface area contributed by atoms with Gasteiger partial charge in [-0.15, -0.1) is 0 Å². The Morgan fingerprint density at radius 1 is 0.302 bits per heavy atom. The van der Waals surface area contributed by atoms with Gasteiger partial charge in [-0.3, -0.25) is 0 Å². The SMILES string of the molecule is c1ccc(-c2nc(-c3ccc(-c4cccc(-n5c6ccccc6c6ccccc65)c4)cc3)nc(-c3ccc(-c4cccc5ccccc45)cc3)n2)cc1. The van der Waals surface area contributed by atoms with Gasteiger partial charge in [-0.1, -0.05) is 170 Å². The van der Waals surface area contributed by atoms with Crippen LogP contribution >= 0.6 is 0 Å². The highest BCUT2D eigenvalue weighted by Gasteiger charge is 2.15. The Morgan fingerprint density at radius 2 is 0.755 bits per heavy atom. The molecule has 2 heterocycles. The second-order valence-corrected chi connectivity index (χ2v) is 13.3. The first-order valence-electron chi connectivity index (χ1n) is 17.9. The number of aromatic nitrogens is 4. The maximum absolute atomic E-state index is 5.03. The summed E-state index contributed by atoms with van der Waals surface area (Å²) in [7, 11) is 0. The third kappa shape index (κ3) is 5.54. The lowest BCUT2D eigenvalue weighted by Gasteiger charge is -2.11. The van der Waals surface area contributed by atoms with Crippen molar-refractivity contribution >= 4 is 32.6 Å². The molecule has 0 spiro atoms. The molecule has 0 aliphatic carbocycles. The average molecular weight is 677 g/mol. The summed E-state index contributed by atoms with van der Waals surface area (Å²) in [6, 6.07) is 68.1. The Hall–Kier alpha value is -7.17. The summed E-state index contributed by atoms with van der Waals surface area (Å²) >= 11 is 0. The number of para-hydroxylation sites is 2. The van der Waals surface area contributed by atoms with Crippen molar-refractivity contribution in [2.75, 3.05) is 0 Å². The molecule has 0 saturated heterocycles. The van der Waals surface area contributed by atoms with E-state index in [0.29, 0.717) is 17.5 Å². The minimum atomic E-state index is 0.637. The van der Waals surface area contributed by atoms with Gasteiger partial charge in [-0.2, -0.15) is 0 Å². The van der Waals surface area contributed by atoms with Gasteiger partial charge < -0.3 is 4.57 Å². The van der Waals surface area contributed by atoms with Crippen LogP contribution in [0, 0.1) is 0 Å². The summed E-state index contributed by atoms with van der Waals surface area (Å²) in [5, 5.41) is 4.97. The third-order valence-corrected chi connectivity index (χ3v) is 10.1. The molecule has 53 heavy (non-hydrogen) atoms. The molecule has 0 bridgehead atoms. The Labute approximate surface area is 307 Å². The summed E-state index contributed by atoms with van der Waals surface area (Å²) in [4.78, 5) is 15.0. The highest BCUT2D eigenvalue weighted by Crippen LogP contribution is 2.35. The van der Waals surface area contributed by atoms with Gasteiger partial charge in [0.15, 0.2) is 17.5 Å². The van der Waals surface area contributed by atoms with Gasteiger partial charge in [0.2, 0.25) is 0 Å². The molecule has 0 radical (unpaired) electrons. The molecule has 0 aliphatic rings. The minimum absolute atomic E-state index is 0.637. The molecule has 0 fully saturated rings. The maximum Gasteiger partial charge on any atom is 0.164 e. The largest absolute Gasteiger partial charge is 0.309 e. The van der Waals surface area contributed by atoms with Gasteiger partial charge in [0, 0.05) is 33.2 Å². The maximum atomic E-state index is 5.03. The average Bonchev–Trinajstić information content (AvgIpc) is 3.58. The molecule has 4 heteroatoms. The van der Waals surface area contributed by atoms with E-state index in [0.717, 1.165) is 39.1 Å². The zero-order valence-corrected chi connectivity index (χ0v) is 28.8. The van der Waals surface area contributed by atoms with Crippen molar-refractivity contribution in [2.45, 2.75) is 0 Å². The Kier molecular flexibility index (Phi) is 7.43. The highest BCUT2D eigenvalue weighted by molar-refractivity contribution is 6.09. The van der Waals surface area contributed by atoms with Crippen LogP contribution in [0.2, 0.25) is 0 Å². The molecular formula is C49H32N4. The van der Waals surface area contributed by atoms with Crippen molar-refractivity contribution in [3.8, 4) is 62.1 Å². The van der Waals surface area contributed by atoms with Crippen LogP contribution < -0.4 is 0 Å². The topological polar surface area (TPSA) is 43.6 Å². The van der Waals surface area contributed by atoms with Crippen molar-refractivity contribution < 1.29 is 0 Å². The molecule has 10 aromatic rings. The van der Waals surface area contributed by atoms with E-state index in [1.807, 2.05) is 30.3 Å². The zero-order valence-electron chi connectivity index (χ0n) is 28.8. The lowest BCUT2D eigenvalue weighted by molar-refractivity contribution is 1.07. The summed E-state index contributed by atoms with van der Waals surface area (Å²) in [5.74, 6) is 1.92. The monoisotopic (exact) mass is 676 g/mol. The number of fused-ring (bicyclic) bond motifs is 4. The van der Waals surface area contributed by atoms with Crippen molar-refractivity contribution in [1.29, 1.82) is 0 Å². The van der Waals surface area contributed by atoms with Crippen LogP contribution in [0.4, 0.5) is 0 Å². The summed E-state index contributed by atoms with van der Waals surface area (Å²) < 4.78 is 2.36. The summed E-state index contributed by atoms with van der Waals surface area (Å²) in [6.07, 6.45) is 0. The predicted molar refractivity (Wildman–Crippen MR) is 219 cm³/mol. The van der Waals surface area contributed by atoms with Crippen LogP contribution in [0.25, 0.3) is 94.7 Å². The second-order valence-electron chi connectivity index (χ2n) is 13.3. The fourth-order valence-electron chi connectivity index (χ4n) is 7.46. The highest BCUT2D eigenvalue weighted by atomic mass is 15.0. The molecule has 8 aromatic carbocycles. The van der Waals surface area contributed by atoms with Gasteiger partial charge in [-0.25, -0.2) is 15.0 Å². The second kappa shape index (κ2) is 12.9. The van der Waals surface area contributed by atoms with Crippen LogP contribution in [0.1, 0.15) is 0 Å². The molecule has 0 aliphatic heterocycles. The normalized spacial score (nSPS) is 11.4. The molecule has 10 rings (SSSR count). The fraction of sp³-hybridized carbons (Fsp3) is 0.